The van der Waals surface area contributed by atoms with E-state index in [1.165, 1.54) is 27.6 Å². The van der Waals surface area contributed by atoms with E-state index in [-0.39, 0.29) is 20.1 Å². The molecule has 4 aromatic heterocycles. The van der Waals surface area contributed by atoms with E-state index in [0.29, 0.717) is 23.5 Å². The number of pyridine rings is 2. The first kappa shape index (κ1) is 40.0. The number of hydrogen-bond donors (Lipinski definition) is 0. The largest absolute Gasteiger partial charge is 0.486 e. The van der Waals surface area contributed by atoms with Crippen LogP contribution >= 0.6 is 0 Å². The molecule has 55 heavy (non-hydrogen) atoms. The summed E-state index contributed by atoms with van der Waals surface area (Å²) in [5, 5.41) is 3.51. The van der Waals surface area contributed by atoms with Crippen molar-refractivity contribution in [2.75, 3.05) is 0 Å². The molecule has 4 aromatic carbocycles. The van der Waals surface area contributed by atoms with Gasteiger partial charge in [0.05, 0.1) is 30.5 Å². The van der Waals surface area contributed by atoms with E-state index in [1.807, 2.05) is 43.3 Å². The molecule has 4 heterocycles. The predicted octanol–water partition coefficient (Wildman–Crippen LogP) is 12.6. The molecule has 0 unspecified atom stereocenters. The number of nitrogens with zero attached hydrogens (tertiary/aromatic N) is 4. The van der Waals surface area contributed by atoms with Crippen LogP contribution in [0.2, 0.25) is 19.6 Å². The van der Waals surface area contributed by atoms with E-state index in [2.05, 4.69) is 155 Å². The number of imidazole rings is 1. The third-order valence-electron chi connectivity index (χ3n) is 10.1. The number of para-hydroxylation sites is 3. The average molecular weight is 919 g/mol. The van der Waals surface area contributed by atoms with Crippen LogP contribution in [0.5, 0.6) is 0 Å². The zero-order valence-corrected chi connectivity index (χ0v) is 37.0. The van der Waals surface area contributed by atoms with Crippen LogP contribution in [-0.2, 0) is 20.1 Å². The molecular formula is C48H50IrN4OSi-2. The Morgan fingerprint density at radius 3 is 2.04 bits per heavy atom. The van der Waals surface area contributed by atoms with Crippen molar-refractivity contribution in [1.29, 1.82) is 0 Å². The smallest absolute Gasteiger partial charge is 0.216 e. The molecule has 5 nitrogen and oxygen atoms in total. The van der Waals surface area contributed by atoms with Crippen LogP contribution in [-0.4, -0.2) is 27.6 Å². The SMILES string of the molecule is CC(C)c1cc(-c2[c-]cccc2)ncc1[Si](C)(C)C.Cc1ccc2c(n1)oc1c(-c3nc4ccccc4n3-c3c(C(C)C)cccc3C(C)C)[c-]ccc12.[Ir]. The van der Waals surface area contributed by atoms with E-state index >= 15 is 0 Å². The van der Waals surface area contributed by atoms with E-state index in [4.69, 9.17) is 9.40 Å². The summed E-state index contributed by atoms with van der Waals surface area (Å²) in [4.78, 5) is 14.4. The fourth-order valence-corrected chi connectivity index (χ4v) is 9.02. The molecule has 283 valence electrons. The summed E-state index contributed by atoms with van der Waals surface area (Å²) < 4.78 is 8.68. The molecule has 8 aromatic rings. The van der Waals surface area contributed by atoms with Gasteiger partial charge in [0.25, 0.3) is 0 Å². The summed E-state index contributed by atoms with van der Waals surface area (Å²) in [5.74, 6) is 2.08. The molecule has 7 heteroatoms. The van der Waals surface area contributed by atoms with Gasteiger partial charge in [-0.15, -0.1) is 54.1 Å². The molecule has 0 fully saturated rings. The van der Waals surface area contributed by atoms with Gasteiger partial charge < -0.3 is 14.0 Å². The standard InChI is InChI=1S/C31H28N3O.C17H22NSi.Ir/c1-18(2)21-10-8-11-22(19(3)4)28(21)34-27-15-7-6-14-26(27)33-30(34)25-13-9-12-23-24-17-16-20(5)32-31(24)35-29(23)25;1-13(2)15-11-16(14-9-7-6-8-10-14)18-12-17(15)19(3,4)5;/h6-12,14-19H,1-5H3;6-9,11-13H,1-5H3;/q2*-1;. The Kier molecular flexibility index (Phi) is 11.8. The molecule has 0 amide bonds. The molecule has 0 N–H and O–H groups in total. The van der Waals surface area contributed by atoms with Gasteiger partial charge in [0, 0.05) is 43.1 Å². The first-order chi connectivity index (χ1) is 25.8. The molecule has 8 rings (SSSR count). The van der Waals surface area contributed by atoms with Crippen molar-refractivity contribution in [3.8, 4) is 28.3 Å². The van der Waals surface area contributed by atoms with Gasteiger partial charge in [-0.25, -0.2) is 4.98 Å². The molecule has 0 saturated carbocycles. The molecule has 0 atom stereocenters. The van der Waals surface area contributed by atoms with Crippen molar-refractivity contribution in [3.05, 3.63) is 138 Å². The molecule has 1 radical (unpaired) electrons. The molecule has 0 aliphatic rings. The first-order valence-corrected chi connectivity index (χ1v) is 22.6. The van der Waals surface area contributed by atoms with E-state index < -0.39 is 8.07 Å². The van der Waals surface area contributed by atoms with Crippen LogP contribution in [0.1, 0.15) is 81.7 Å². The predicted molar refractivity (Wildman–Crippen MR) is 229 cm³/mol. The van der Waals surface area contributed by atoms with Crippen molar-refractivity contribution in [1.82, 2.24) is 19.5 Å². The monoisotopic (exact) mass is 919 g/mol. The van der Waals surface area contributed by atoms with Crippen LogP contribution in [0.3, 0.4) is 0 Å². The molecule has 0 aliphatic heterocycles. The van der Waals surface area contributed by atoms with Crippen LogP contribution in [0.4, 0.5) is 0 Å². The fraction of sp³-hybridized carbons (Fsp3) is 0.271. The van der Waals surface area contributed by atoms with Crippen LogP contribution in [0.25, 0.3) is 61.4 Å². The zero-order valence-electron chi connectivity index (χ0n) is 33.6. The van der Waals surface area contributed by atoms with Gasteiger partial charge in [0.15, 0.2) is 0 Å². The minimum absolute atomic E-state index is 0. The third kappa shape index (κ3) is 7.89. The van der Waals surface area contributed by atoms with Crippen LogP contribution in [0, 0.1) is 19.1 Å². The third-order valence-corrected chi connectivity index (χ3v) is 12.2. The van der Waals surface area contributed by atoms with Crippen LogP contribution < -0.4 is 5.19 Å². The van der Waals surface area contributed by atoms with E-state index in [1.54, 1.807) is 0 Å². The van der Waals surface area contributed by atoms with Crippen molar-refractivity contribution in [3.63, 3.8) is 0 Å². The molecular weight excluding hydrogens is 869 g/mol. The summed E-state index contributed by atoms with van der Waals surface area (Å²) >= 11 is 0. The second kappa shape index (κ2) is 16.2. The van der Waals surface area contributed by atoms with Gasteiger partial charge in [0.2, 0.25) is 5.71 Å². The Morgan fingerprint density at radius 1 is 0.691 bits per heavy atom. The number of furan rings is 1. The van der Waals surface area contributed by atoms with Crippen molar-refractivity contribution < 1.29 is 24.5 Å². The second-order valence-corrected chi connectivity index (χ2v) is 21.2. The van der Waals surface area contributed by atoms with Crippen LogP contribution in [0.15, 0.2) is 108 Å². The summed E-state index contributed by atoms with van der Waals surface area (Å²) in [7, 11) is -1.34. The number of fused-ring (bicyclic) bond motifs is 4. The van der Waals surface area contributed by atoms with E-state index in [9.17, 15) is 0 Å². The van der Waals surface area contributed by atoms with Gasteiger partial charge in [-0.3, -0.25) is 4.98 Å². The Morgan fingerprint density at radius 2 is 1.38 bits per heavy atom. The summed E-state index contributed by atoms with van der Waals surface area (Å²) in [6.07, 6.45) is 2.09. The Labute approximate surface area is 340 Å². The minimum Gasteiger partial charge on any atom is -0.486 e. The van der Waals surface area contributed by atoms with E-state index in [0.717, 1.165) is 55.7 Å². The Balaban J connectivity index is 0.000000219. The van der Waals surface area contributed by atoms with Crippen molar-refractivity contribution in [2.45, 2.75) is 85.9 Å². The summed E-state index contributed by atoms with van der Waals surface area (Å²) in [6, 6.07) is 40.1. The maximum Gasteiger partial charge on any atom is 0.216 e. The van der Waals surface area contributed by atoms with Gasteiger partial charge in [0.1, 0.15) is 0 Å². The number of aryl methyl sites for hydroxylation is 1. The molecule has 0 bridgehead atoms. The summed E-state index contributed by atoms with van der Waals surface area (Å²) in [6.45, 7) is 22.6. The number of rotatable bonds is 7. The average Bonchev–Trinajstić information content (AvgIpc) is 3.72. The zero-order chi connectivity index (χ0) is 38.3. The number of hydrogen-bond acceptors (Lipinski definition) is 4. The molecule has 0 saturated heterocycles. The Bertz CT molecular complexity index is 2570. The second-order valence-electron chi connectivity index (χ2n) is 16.2. The van der Waals surface area contributed by atoms with Crippen molar-refractivity contribution >= 4 is 46.4 Å². The number of aromatic nitrogens is 4. The van der Waals surface area contributed by atoms with Gasteiger partial charge in [-0.1, -0.05) is 114 Å². The molecule has 0 aliphatic carbocycles. The first-order valence-electron chi connectivity index (χ1n) is 19.1. The Hall–Kier alpha value is -4.68. The van der Waals surface area contributed by atoms with Gasteiger partial charge >= 0.3 is 0 Å². The molecule has 0 spiro atoms. The normalized spacial score (nSPS) is 11.8. The number of benzene rings is 4. The van der Waals surface area contributed by atoms with Gasteiger partial charge in [-0.05, 0) is 71.0 Å². The topological polar surface area (TPSA) is 56.7 Å². The minimum atomic E-state index is -1.34. The van der Waals surface area contributed by atoms with Crippen molar-refractivity contribution in [2.24, 2.45) is 0 Å². The maximum atomic E-state index is 6.37. The van der Waals surface area contributed by atoms with Gasteiger partial charge in [-0.2, -0.15) is 0 Å². The quantitative estimate of drug-likeness (QED) is 0.118. The summed E-state index contributed by atoms with van der Waals surface area (Å²) in [5.41, 5.74) is 12.6. The fourth-order valence-electron chi connectivity index (χ4n) is 7.35. The maximum absolute atomic E-state index is 6.37.